The highest BCUT2D eigenvalue weighted by atomic mass is 16.7. The number of methoxy groups -OCH3 is 2. The van der Waals surface area contributed by atoms with Crippen molar-refractivity contribution in [1.29, 1.82) is 0 Å². The van der Waals surface area contributed by atoms with Gasteiger partial charge >= 0.3 is 7.12 Å². The van der Waals surface area contributed by atoms with Crippen LogP contribution in [0.15, 0.2) is 29.1 Å². The Balaban J connectivity index is 1.85. The van der Waals surface area contributed by atoms with Crippen LogP contribution in [0.5, 0.6) is 11.5 Å². The number of rotatable bonds is 5. The van der Waals surface area contributed by atoms with Crippen LogP contribution in [-0.2, 0) is 9.31 Å². The van der Waals surface area contributed by atoms with Crippen molar-refractivity contribution in [3.05, 3.63) is 40.2 Å². The van der Waals surface area contributed by atoms with Crippen LogP contribution in [0.25, 0.3) is 5.69 Å². The molecular weight excluding hydrogens is 383 g/mol. The van der Waals surface area contributed by atoms with Crippen molar-refractivity contribution >= 4 is 12.7 Å². The van der Waals surface area contributed by atoms with Crippen LogP contribution in [0.3, 0.4) is 0 Å². The lowest BCUT2D eigenvalue weighted by Crippen LogP contribution is -2.43. The molecule has 1 aliphatic heterocycles. The zero-order valence-electron chi connectivity index (χ0n) is 18.5. The highest BCUT2D eigenvalue weighted by Gasteiger charge is 2.52. The van der Waals surface area contributed by atoms with E-state index >= 15 is 0 Å². The first kappa shape index (κ1) is 20.9. The predicted molar refractivity (Wildman–Crippen MR) is 115 cm³/mol. The van der Waals surface area contributed by atoms with Gasteiger partial charge in [-0.25, -0.2) is 0 Å². The molecule has 1 saturated heterocycles. The van der Waals surface area contributed by atoms with Gasteiger partial charge in [0.25, 0.3) is 5.56 Å². The number of hydrogen-bond acceptors (Lipinski definition) is 6. The standard InChI is InChI=1S/C22H29BN2O5/c1-21(2)22(3,4)30-23(29-21)19-13-18(14-8-7-9-14)20(26)25(24-19)15-10-16(27-5)12-17(11-15)28-6/h10-14H,7-9H2,1-6H3. The van der Waals surface area contributed by atoms with E-state index in [4.69, 9.17) is 18.8 Å². The van der Waals surface area contributed by atoms with E-state index in [-0.39, 0.29) is 11.5 Å². The minimum atomic E-state index is -0.645. The first-order valence-corrected chi connectivity index (χ1v) is 10.4. The molecule has 2 heterocycles. The second-order valence-electron chi connectivity index (χ2n) is 9.03. The molecule has 4 rings (SSSR count). The quantitative estimate of drug-likeness (QED) is 0.704. The summed E-state index contributed by atoms with van der Waals surface area (Å²) in [6, 6.07) is 7.17. The molecule has 0 bridgehead atoms. The Morgan fingerprint density at radius 1 is 1.00 bits per heavy atom. The zero-order chi connectivity index (χ0) is 21.7. The Kier molecular flexibility index (Phi) is 5.18. The molecule has 7 nitrogen and oxygen atoms in total. The van der Waals surface area contributed by atoms with Crippen LogP contribution >= 0.6 is 0 Å². The third-order valence-electron chi connectivity index (χ3n) is 6.58. The average Bonchev–Trinajstić information content (AvgIpc) is 2.88. The largest absolute Gasteiger partial charge is 0.516 e. The van der Waals surface area contributed by atoms with Gasteiger partial charge in [-0.2, -0.15) is 9.78 Å². The average molecular weight is 412 g/mol. The first-order chi connectivity index (χ1) is 14.1. The normalized spacial score (nSPS) is 20.1. The van der Waals surface area contributed by atoms with Gasteiger partial charge in [-0.1, -0.05) is 6.42 Å². The summed E-state index contributed by atoms with van der Waals surface area (Å²) < 4.78 is 24.6. The number of ether oxygens (including phenoxy) is 2. The first-order valence-electron chi connectivity index (χ1n) is 10.4. The molecule has 2 aromatic rings. The van der Waals surface area contributed by atoms with Gasteiger partial charge in [-0.05, 0) is 52.5 Å². The third-order valence-corrected chi connectivity index (χ3v) is 6.58. The molecule has 0 radical (unpaired) electrons. The molecule has 1 aliphatic carbocycles. The maximum Gasteiger partial charge on any atom is 0.516 e. The van der Waals surface area contributed by atoms with Gasteiger partial charge in [0.15, 0.2) is 0 Å². The predicted octanol–water partition coefficient (Wildman–Crippen LogP) is 2.82. The molecule has 30 heavy (non-hydrogen) atoms. The summed E-state index contributed by atoms with van der Waals surface area (Å²) in [7, 11) is 2.51. The van der Waals surface area contributed by atoms with Crippen LogP contribution in [-0.4, -0.2) is 42.3 Å². The number of benzene rings is 1. The molecule has 0 N–H and O–H groups in total. The van der Waals surface area contributed by atoms with Crippen LogP contribution in [0.1, 0.15) is 58.4 Å². The molecule has 0 atom stereocenters. The van der Waals surface area contributed by atoms with Crippen LogP contribution in [0.2, 0.25) is 0 Å². The van der Waals surface area contributed by atoms with Gasteiger partial charge in [0.1, 0.15) is 11.5 Å². The Labute approximate surface area is 177 Å². The lowest BCUT2D eigenvalue weighted by Gasteiger charge is -2.32. The lowest BCUT2D eigenvalue weighted by molar-refractivity contribution is 0.00578. The molecule has 0 amide bonds. The van der Waals surface area contributed by atoms with Gasteiger partial charge in [0, 0.05) is 23.8 Å². The summed E-state index contributed by atoms with van der Waals surface area (Å²) in [6.07, 6.45) is 3.14. The zero-order valence-corrected chi connectivity index (χ0v) is 18.5. The molecule has 0 spiro atoms. The molecule has 1 aromatic heterocycles. The highest BCUT2D eigenvalue weighted by Crippen LogP contribution is 2.37. The van der Waals surface area contributed by atoms with E-state index in [1.54, 1.807) is 32.4 Å². The van der Waals surface area contributed by atoms with Crippen LogP contribution in [0, 0.1) is 0 Å². The van der Waals surface area contributed by atoms with E-state index in [1.807, 2.05) is 33.8 Å². The Morgan fingerprint density at radius 3 is 2.03 bits per heavy atom. The van der Waals surface area contributed by atoms with E-state index in [9.17, 15) is 4.79 Å². The van der Waals surface area contributed by atoms with Gasteiger partial charge < -0.3 is 18.8 Å². The van der Waals surface area contributed by atoms with Crippen molar-refractivity contribution in [2.24, 2.45) is 0 Å². The molecular formula is C22H29BN2O5. The van der Waals surface area contributed by atoms with Crippen molar-refractivity contribution in [3.8, 4) is 17.2 Å². The monoisotopic (exact) mass is 412 g/mol. The molecule has 2 fully saturated rings. The van der Waals surface area contributed by atoms with Crippen molar-refractivity contribution in [3.63, 3.8) is 0 Å². The molecule has 2 aliphatic rings. The smallest absolute Gasteiger partial charge is 0.497 e. The van der Waals surface area contributed by atoms with Crippen LogP contribution in [0.4, 0.5) is 0 Å². The SMILES string of the molecule is COc1cc(OC)cc(-n2nc(B3OC(C)(C)C(C)(C)O3)cc(C3CCC3)c2=O)c1. The van der Waals surface area contributed by atoms with Gasteiger partial charge in [0.2, 0.25) is 0 Å². The van der Waals surface area contributed by atoms with E-state index in [2.05, 4.69) is 5.10 Å². The van der Waals surface area contributed by atoms with Crippen LogP contribution < -0.4 is 20.6 Å². The van der Waals surface area contributed by atoms with E-state index in [0.717, 1.165) is 24.8 Å². The Morgan fingerprint density at radius 2 is 1.57 bits per heavy atom. The van der Waals surface area contributed by atoms with E-state index in [1.165, 1.54) is 4.68 Å². The second kappa shape index (κ2) is 7.43. The van der Waals surface area contributed by atoms with Gasteiger partial charge in [-0.15, -0.1) is 0 Å². The summed E-state index contributed by atoms with van der Waals surface area (Å²) in [5.74, 6) is 1.41. The van der Waals surface area contributed by atoms with Gasteiger partial charge in [-0.3, -0.25) is 4.79 Å². The summed E-state index contributed by atoms with van der Waals surface area (Å²) in [6.45, 7) is 8.01. The summed E-state index contributed by atoms with van der Waals surface area (Å²) in [5.41, 5.74) is 0.816. The fourth-order valence-corrected chi connectivity index (χ4v) is 3.71. The molecule has 160 valence electrons. The molecule has 8 heteroatoms. The molecule has 1 aromatic carbocycles. The lowest BCUT2D eigenvalue weighted by atomic mass is 9.77. The number of aromatic nitrogens is 2. The molecule has 0 unspecified atom stereocenters. The van der Waals surface area contributed by atoms with Crippen molar-refractivity contribution in [2.45, 2.75) is 64.1 Å². The maximum atomic E-state index is 13.4. The minimum Gasteiger partial charge on any atom is -0.497 e. The summed E-state index contributed by atoms with van der Waals surface area (Å²) in [4.78, 5) is 13.4. The Hall–Kier alpha value is -2.32. The maximum absolute atomic E-state index is 13.4. The number of nitrogens with zero attached hydrogens (tertiary/aromatic N) is 2. The van der Waals surface area contributed by atoms with E-state index in [0.29, 0.717) is 22.8 Å². The topological polar surface area (TPSA) is 71.8 Å². The summed E-state index contributed by atoms with van der Waals surface area (Å²) >= 11 is 0. The molecule has 1 saturated carbocycles. The Bertz CT molecular complexity index is 975. The highest BCUT2D eigenvalue weighted by molar-refractivity contribution is 6.61. The van der Waals surface area contributed by atoms with E-state index < -0.39 is 18.3 Å². The summed E-state index contributed by atoms with van der Waals surface area (Å²) in [5, 5.41) is 4.65. The second-order valence-corrected chi connectivity index (χ2v) is 9.03. The fourth-order valence-electron chi connectivity index (χ4n) is 3.71. The van der Waals surface area contributed by atoms with Crippen molar-refractivity contribution < 1.29 is 18.8 Å². The fraction of sp³-hybridized carbons (Fsp3) is 0.545. The number of hydrogen-bond donors (Lipinski definition) is 0. The minimum absolute atomic E-state index is 0.129. The van der Waals surface area contributed by atoms with Crippen molar-refractivity contribution in [2.75, 3.05) is 14.2 Å². The van der Waals surface area contributed by atoms with Crippen molar-refractivity contribution in [1.82, 2.24) is 9.78 Å². The third kappa shape index (κ3) is 3.52. The van der Waals surface area contributed by atoms with Gasteiger partial charge in [0.05, 0.1) is 36.7 Å².